The molecule has 20 heavy (non-hydrogen) atoms. The van der Waals surface area contributed by atoms with E-state index in [1.54, 1.807) is 0 Å². The van der Waals surface area contributed by atoms with Crippen LogP contribution in [0.25, 0.3) is 0 Å². The van der Waals surface area contributed by atoms with Crippen LogP contribution in [0.2, 0.25) is 0 Å². The van der Waals surface area contributed by atoms with Crippen LogP contribution in [0.3, 0.4) is 0 Å². The molecule has 2 atom stereocenters. The zero-order chi connectivity index (χ0) is 13.8. The third kappa shape index (κ3) is 3.09. The summed E-state index contributed by atoms with van der Waals surface area (Å²) in [6.45, 7) is 1.66. The van der Waals surface area contributed by atoms with Crippen LogP contribution < -0.4 is 11.1 Å². The minimum absolute atomic E-state index is 0.631. The summed E-state index contributed by atoms with van der Waals surface area (Å²) in [4.78, 5) is 0. The van der Waals surface area contributed by atoms with Crippen LogP contribution in [-0.4, -0.2) is 12.6 Å². The molecule has 2 aromatic rings. The van der Waals surface area contributed by atoms with Crippen LogP contribution in [0.15, 0.2) is 54.6 Å². The van der Waals surface area contributed by atoms with E-state index in [-0.39, 0.29) is 0 Å². The highest BCUT2D eigenvalue weighted by Crippen LogP contribution is 2.40. The molecule has 1 fully saturated rings. The minimum atomic E-state index is 0.631. The Hall–Kier alpha value is -1.64. The van der Waals surface area contributed by atoms with Crippen LogP contribution in [0.4, 0.5) is 0 Å². The lowest BCUT2D eigenvalue weighted by molar-refractivity contribution is 0.666. The summed E-state index contributed by atoms with van der Waals surface area (Å²) < 4.78 is 0. The van der Waals surface area contributed by atoms with Crippen molar-refractivity contribution in [1.29, 1.82) is 0 Å². The van der Waals surface area contributed by atoms with E-state index in [0.717, 1.165) is 13.0 Å². The van der Waals surface area contributed by atoms with Gasteiger partial charge in [-0.15, -0.1) is 0 Å². The highest BCUT2D eigenvalue weighted by molar-refractivity contribution is 5.29. The van der Waals surface area contributed by atoms with Gasteiger partial charge in [0.25, 0.3) is 0 Å². The molecule has 0 radical (unpaired) electrons. The van der Waals surface area contributed by atoms with Gasteiger partial charge in [0.2, 0.25) is 0 Å². The van der Waals surface area contributed by atoms with Crippen molar-refractivity contribution >= 4 is 0 Å². The number of rotatable bonds is 6. The second-order valence-electron chi connectivity index (χ2n) is 5.54. The average molecular weight is 266 g/mol. The molecule has 2 unspecified atom stereocenters. The van der Waals surface area contributed by atoms with Gasteiger partial charge in [0.1, 0.15) is 0 Å². The predicted octanol–water partition coefficient (Wildman–Crippen LogP) is 2.83. The van der Waals surface area contributed by atoms with Crippen LogP contribution in [0.5, 0.6) is 0 Å². The molecular weight excluding hydrogens is 244 g/mol. The summed E-state index contributed by atoms with van der Waals surface area (Å²) in [5.41, 5.74) is 9.88. The molecule has 0 aliphatic heterocycles. The number of hydrogen-bond acceptors (Lipinski definition) is 2. The molecule has 0 spiro atoms. The standard InChI is InChI=1S/C18H22N2/c19-13-16-9-5-4-6-14(16)10-11-20-18-12-17(18)15-7-2-1-3-8-15/h1-9,17-18,20H,10-13,19H2. The number of nitrogens with one attached hydrogen (secondary N) is 1. The second-order valence-corrected chi connectivity index (χ2v) is 5.54. The van der Waals surface area contributed by atoms with Crippen molar-refractivity contribution in [1.82, 2.24) is 5.32 Å². The Labute approximate surface area is 121 Å². The van der Waals surface area contributed by atoms with Gasteiger partial charge in [0.15, 0.2) is 0 Å². The molecule has 0 amide bonds. The Balaban J connectivity index is 1.48. The van der Waals surface area contributed by atoms with E-state index >= 15 is 0 Å². The van der Waals surface area contributed by atoms with E-state index in [4.69, 9.17) is 5.73 Å². The highest BCUT2D eigenvalue weighted by Gasteiger charge is 2.37. The summed E-state index contributed by atoms with van der Waals surface area (Å²) in [7, 11) is 0. The highest BCUT2D eigenvalue weighted by atomic mass is 15.0. The monoisotopic (exact) mass is 266 g/mol. The average Bonchev–Trinajstić information content (AvgIpc) is 3.28. The van der Waals surface area contributed by atoms with Crippen molar-refractivity contribution in [2.75, 3.05) is 6.54 Å². The molecule has 104 valence electrons. The molecule has 0 heterocycles. The van der Waals surface area contributed by atoms with E-state index in [1.807, 2.05) is 0 Å². The smallest absolute Gasteiger partial charge is 0.0180 e. The third-order valence-corrected chi connectivity index (χ3v) is 4.16. The van der Waals surface area contributed by atoms with Crippen molar-refractivity contribution in [3.63, 3.8) is 0 Å². The lowest BCUT2D eigenvalue weighted by Gasteiger charge is -2.08. The maximum Gasteiger partial charge on any atom is 0.0180 e. The van der Waals surface area contributed by atoms with Gasteiger partial charge >= 0.3 is 0 Å². The first kappa shape index (κ1) is 13.3. The summed E-state index contributed by atoms with van der Waals surface area (Å²) >= 11 is 0. The third-order valence-electron chi connectivity index (χ3n) is 4.16. The van der Waals surface area contributed by atoms with Crippen LogP contribution in [0.1, 0.15) is 29.0 Å². The quantitative estimate of drug-likeness (QED) is 0.843. The Morgan fingerprint density at radius 1 is 0.950 bits per heavy atom. The molecule has 0 aromatic heterocycles. The lowest BCUT2D eigenvalue weighted by Crippen LogP contribution is -2.21. The largest absolute Gasteiger partial charge is 0.326 e. The Bertz CT molecular complexity index is 550. The molecular formula is C18H22N2. The van der Waals surface area contributed by atoms with Crippen molar-refractivity contribution in [3.8, 4) is 0 Å². The molecule has 3 rings (SSSR count). The SMILES string of the molecule is NCc1ccccc1CCNC1CC1c1ccccc1. The Morgan fingerprint density at radius 2 is 1.65 bits per heavy atom. The topological polar surface area (TPSA) is 38.0 Å². The first-order valence-corrected chi connectivity index (χ1v) is 7.43. The second kappa shape index (κ2) is 6.21. The molecule has 1 aliphatic rings. The van der Waals surface area contributed by atoms with Crippen LogP contribution >= 0.6 is 0 Å². The fourth-order valence-electron chi connectivity index (χ4n) is 2.88. The van der Waals surface area contributed by atoms with Gasteiger partial charge in [-0.3, -0.25) is 0 Å². The fourth-order valence-corrected chi connectivity index (χ4v) is 2.88. The van der Waals surface area contributed by atoms with Crippen molar-refractivity contribution < 1.29 is 0 Å². The lowest BCUT2D eigenvalue weighted by atomic mass is 10.0. The molecule has 2 heteroatoms. The van der Waals surface area contributed by atoms with Gasteiger partial charge < -0.3 is 11.1 Å². The van der Waals surface area contributed by atoms with Crippen molar-refractivity contribution in [3.05, 3.63) is 71.3 Å². The van der Waals surface area contributed by atoms with Crippen LogP contribution in [-0.2, 0) is 13.0 Å². The fraction of sp³-hybridized carbons (Fsp3) is 0.333. The molecule has 1 saturated carbocycles. The first-order valence-electron chi connectivity index (χ1n) is 7.43. The van der Waals surface area contributed by atoms with Gasteiger partial charge in [0, 0.05) is 18.5 Å². The maximum absolute atomic E-state index is 5.77. The minimum Gasteiger partial charge on any atom is -0.326 e. The summed E-state index contributed by atoms with van der Waals surface area (Å²) in [6.07, 6.45) is 2.33. The number of hydrogen-bond donors (Lipinski definition) is 2. The van der Waals surface area contributed by atoms with Crippen molar-refractivity contribution in [2.45, 2.75) is 31.3 Å². The van der Waals surface area contributed by atoms with E-state index in [2.05, 4.69) is 59.9 Å². The maximum atomic E-state index is 5.77. The zero-order valence-corrected chi connectivity index (χ0v) is 11.8. The molecule has 0 bridgehead atoms. The van der Waals surface area contributed by atoms with Gasteiger partial charge in [-0.2, -0.15) is 0 Å². The summed E-state index contributed by atoms with van der Waals surface area (Å²) in [6, 6.07) is 19.9. The molecule has 2 nitrogen and oxygen atoms in total. The number of benzene rings is 2. The summed E-state index contributed by atoms with van der Waals surface area (Å²) in [5.74, 6) is 0.709. The Morgan fingerprint density at radius 3 is 2.40 bits per heavy atom. The normalized spacial score (nSPS) is 20.9. The van der Waals surface area contributed by atoms with Crippen molar-refractivity contribution in [2.24, 2.45) is 5.73 Å². The van der Waals surface area contributed by atoms with Gasteiger partial charge in [-0.1, -0.05) is 54.6 Å². The molecule has 0 saturated heterocycles. The van der Waals surface area contributed by atoms with E-state index in [1.165, 1.54) is 23.1 Å². The van der Waals surface area contributed by atoms with Gasteiger partial charge in [0.05, 0.1) is 0 Å². The van der Waals surface area contributed by atoms with Gasteiger partial charge in [-0.05, 0) is 36.1 Å². The Kier molecular flexibility index (Phi) is 4.14. The van der Waals surface area contributed by atoms with Gasteiger partial charge in [-0.25, -0.2) is 0 Å². The zero-order valence-electron chi connectivity index (χ0n) is 11.8. The molecule has 2 aromatic carbocycles. The molecule has 1 aliphatic carbocycles. The molecule has 3 N–H and O–H groups in total. The van der Waals surface area contributed by atoms with Crippen LogP contribution in [0, 0.1) is 0 Å². The van der Waals surface area contributed by atoms with E-state index in [9.17, 15) is 0 Å². The van der Waals surface area contributed by atoms with E-state index in [0.29, 0.717) is 18.5 Å². The van der Waals surface area contributed by atoms with E-state index < -0.39 is 0 Å². The first-order chi connectivity index (χ1) is 9.88. The predicted molar refractivity (Wildman–Crippen MR) is 83.6 cm³/mol. The number of nitrogens with two attached hydrogens (primary N) is 1. The summed E-state index contributed by atoms with van der Waals surface area (Å²) in [5, 5.41) is 3.66.